The van der Waals surface area contributed by atoms with Crippen LogP contribution in [0.15, 0.2) is 94.9 Å². The van der Waals surface area contributed by atoms with Gasteiger partial charge in [0.05, 0.1) is 0 Å². The zero-order valence-electron chi connectivity index (χ0n) is 35.6. The lowest BCUT2D eigenvalue weighted by molar-refractivity contribution is -0.302. The van der Waals surface area contributed by atoms with E-state index in [0.717, 1.165) is 12.8 Å². The minimum absolute atomic E-state index is 0.0803. The Morgan fingerprint density at radius 2 is 0.758 bits per heavy atom. The molecule has 0 aromatic rings. The second-order valence-corrected chi connectivity index (χ2v) is 19.0. The van der Waals surface area contributed by atoms with E-state index in [1.54, 1.807) is 0 Å². The van der Waals surface area contributed by atoms with E-state index < -0.39 is 70.9 Å². The van der Waals surface area contributed by atoms with Gasteiger partial charge in [-0.3, -0.25) is 0 Å². The molecule has 62 heavy (non-hydrogen) atoms. The maximum Gasteiger partial charge on any atom is 0.348 e. The van der Waals surface area contributed by atoms with Crippen LogP contribution in [0.2, 0.25) is 0 Å². The first-order valence-corrected chi connectivity index (χ1v) is 20.8. The summed E-state index contributed by atoms with van der Waals surface area (Å²) in [6.07, 6.45) is 16.4. The number of esters is 6. The smallest absolute Gasteiger partial charge is 0.348 e. The Morgan fingerprint density at radius 3 is 1.06 bits per heavy atom. The number of aliphatic hydroxyl groups is 2. The standard InChI is InChI=1S/C46H52O16/c1-27-21-41(3,4)25-45(23-27)59-37(51)31(38(52)60-45)15-11-7-9-13-29-33(47)55-43(56-34(29)48)17-19-44(20-18-43)57-35(49)30(36(50)58-44)14-10-8-12-16-32-39(53)61-46(62-40(32)54)24-28(2)22-42(5,6)26-46/h7-16,27-28,47,49H,17-26H2,1-6H3/b11-7+,12-8?,13-9+,14-10?,31-15?,32-16?. The minimum Gasteiger partial charge on any atom is -0.480 e. The second kappa shape index (κ2) is 16.0. The van der Waals surface area contributed by atoms with Gasteiger partial charge in [0.2, 0.25) is 0 Å². The van der Waals surface area contributed by atoms with E-state index in [2.05, 4.69) is 0 Å². The second-order valence-electron chi connectivity index (χ2n) is 19.0. The molecular weight excluding hydrogens is 808 g/mol. The van der Waals surface area contributed by atoms with Gasteiger partial charge >= 0.3 is 35.8 Å². The predicted octanol–water partition coefficient (Wildman–Crippen LogP) is 7.00. The first-order valence-electron chi connectivity index (χ1n) is 20.8. The highest BCUT2D eigenvalue weighted by Gasteiger charge is 2.56. The summed E-state index contributed by atoms with van der Waals surface area (Å²) in [4.78, 5) is 77.3. The van der Waals surface area contributed by atoms with Gasteiger partial charge in [-0.05, 0) is 59.8 Å². The molecule has 0 aromatic heterocycles. The fraction of sp³-hybridized carbons (Fsp3) is 0.522. The monoisotopic (exact) mass is 860 g/mol. The molecular formula is C46H52O16. The highest BCUT2D eigenvalue weighted by molar-refractivity contribution is 6.16. The van der Waals surface area contributed by atoms with E-state index in [9.17, 15) is 39.0 Å². The molecule has 0 radical (unpaired) electrons. The van der Waals surface area contributed by atoms with E-state index in [1.807, 2.05) is 41.5 Å². The summed E-state index contributed by atoms with van der Waals surface area (Å²) in [6, 6.07) is 0. The predicted molar refractivity (Wildman–Crippen MR) is 214 cm³/mol. The van der Waals surface area contributed by atoms with E-state index in [0.29, 0.717) is 25.7 Å². The van der Waals surface area contributed by atoms with Gasteiger partial charge in [0.1, 0.15) is 22.3 Å². The summed E-state index contributed by atoms with van der Waals surface area (Å²) in [5.74, 6) is -11.8. The molecule has 2 saturated heterocycles. The van der Waals surface area contributed by atoms with E-state index >= 15 is 0 Å². The van der Waals surface area contributed by atoms with Crippen LogP contribution in [0.1, 0.15) is 106 Å². The van der Waals surface area contributed by atoms with Gasteiger partial charge in [0.15, 0.2) is 0 Å². The largest absolute Gasteiger partial charge is 0.480 e. The average molecular weight is 861 g/mol. The molecule has 2 unspecified atom stereocenters. The fourth-order valence-corrected chi connectivity index (χ4v) is 10.1. The first-order chi connectivity index (χ1) is 29.0. The van der Waals surface area contributed by atoms with Gasteiger partial charge in [0.25, 0.3) is 35.0 Å². The van der Waals surface area contributed by atoms with Crippen LogP contribution >= 0.6 is 0 Å². The molecule has 2 N–H and O–H groups in total. The summed E-state index contributed by atoms with van der Waals surface area (Å²) in [5, 5.41) is 21.4. The molecule has 2 atom stereocenters. The zero-order valence-corrected chi connectivity index (χ0v) is 35.6. The van der Waals surface area contributed by atoms with Gasteiger partial charge in [-0.2, -0.15) is 0 Å². The maximum absolute atomic E-state index is 13.0. The van der Waals surface area contributed by atoms with Crippen LogP contribution < -0.4 is 0 Å². The lowest BCUT2D eigenvalue weighted by Crippen LogP contribution is -2.53. The molecule has 0 bridgehead atoms. The van der Waals surface area contributed by atoms with Crippen molar-refractivity contribution in [3.8, 4) is 0 Å². The highest BCUT2D eigenvalue weighted by atomic mass is 16.8. The van der Waals surface area contributed by atoms with Gasteiger partial charge < -0.3 is 48.1 Å². The normalized spacial score (nSPS) is 31.6. The SMILES string of the molecule is CC1CC(C)(C)CC2(C1)OC(=O)C(=CC=CC=CC1=C(O)OC3(CCC4(CC3)OC(=O)C(/C=C/C=C/C=C3C(=O)OC5(CC(C)CC(C)(C)C5)OC3=O)=C(O)O4)OC1=O)C(=O)O2. The Kier molecular flexibility index (Phi) is 11.4. The third kappa shape index (κ3) is 9.24. The van der Waals surface area contributed by atoms with Crippen LogP contribution in [-0.2, 0) is 66.7 Å². The van der Waals surface area contributed by atoms with Crippen molar-refractivity contribution in [2.45, 2.75) is 129 Å². The molecule has 4 heterocycles. The van der Waals surface area contributed by atoms with Gasteiger partial charge in [-0.25, -0.2) is 28.8 Å². The van der Waals surface area contributed by atoms with Crippen molar-refractivity contribution in [2.75, 3.05) is 0 Å². The van der Waals surface area contributed by atoms with E-state index in [-0.39, 0.29) is 70.6 Å². The molecule has 3 aliphatic carbocycles. The molecule has 7 aliphatic rings. The van der Waals surface area contributed by atoms with Crippen molar-refractivity contribution in [3.63, 3.8) is 0 Å². The number of ether oxygens (including phenoxy) is 8. The van der Waals surface area contributed by atoms with Crippen LogP contribution in [0.3, 0.4) is 0 Å². The summed E-state index contributed by atoms with van der Waals surface area (Å²) in [5.41, 5.74) is -1.51. The number of hydrogen-bond acceptors (Lipinski definition) is 16. The van der Waals surface area contributed by atoms with Crippen LogP contribution in [0.5, 0.6) is 0 Å². The number of hydrogen-bond donors (Lipinski definition) is 2. The van der Waals surface area contributed by atoms with Crippen molar-refractivity contribution < 1.29 is 76.9 Å². The molecule has 16 heteroatoms. The summed E-state index contributed by atoms with van der Waals surface area (Å²) >= 11 is 0. The third-order valence-corrected chi connectivity index (χ3v) is 11.9. The average Bonchev–Trinajstić information content (AvgIpc) is 3.11. The molecule has 7 rings (SSSR count). The summed E-state index contributed by atoms with van der Waals surface area (Å²) in [6.45, 7) is 12.2. The minimum atomic E-state index is -1.60. The number of allylic oxidation sites excluding steroid dienone is 8. The summed E-state index contributed by atoms with van der Waals surface area (Å²) < 4.78 is 45.2. The quantitative estimate of drug-likeness (QED) is 0.0903. The van der Waals surface area contributed by atoms with Gasteiger partial charge in [0, 0.05) is 51.4 Å². The zero-order chi connectivity index (χ0) is 44.9. The van der Waals surface area contributed by atoms with Crippen molar-refractivity contribution >= 4 is 35.8 Å². The van der Waals surface area contributed by atoms with Crippen molar-refractivity contribution in [3.05, 3.63) is 94.9 Å². The Morgan fingerprint density at radius 1 is 0.435 bits per heavy atom. The van der Waals surface area contributed by atoms with E-state index in [4.69, 9.17) is 37.9 Å². The summed E-state index contributed by atoms with van der Waals surface area (Å²) in [7, 11) is 0. The Bertz CT molecular complexity index is 2000. The Hall–Kier alpha value is -6.06. The molecule has 4 spiro atoms. The Labute approximate surface area is 358 Å². The molecule has 0 amide bonds. The van der Waals surface area contributed by atoms with Crippen molar-refractivity contribution in [1.82, 2.24) is 0 Å². The first kappa shape index (κ1) is 44.0. The molecule has 3 saturated carbocycles. The number of rotatable bonds is 6. The van der Waals surface area contributed by atoms with Gasteiger partial charge in [-0.15, -0.1) is 0 Å². The highest BCUT2D eigenvalue weighted by Crippen LogP contribution is 2.50. The van der Waals surface area contributed by atoms with Crippen LogP contribution in [-0.4, -0.2) is 69.2 Å². The van der Waals surface area contributed by atoms with E-state index in [1.165, 1.54) is 60.8 Å². The molecule has 16 nitrogen and oxygen atoms in total. The number of carbonyl (C=O) groups excluding carboxylic acids is 6. The molecule has 4 aliphatic heterocycles. The van der Waals surface area contributed by atoms with Crippen LogP contribution in [0, 0.1) is 22.7 Å². The lowest BCUT2D eigenvalue weighted by atomic mass is 9.69. The molecule has 332 valence electrons. The van der Waals surface area contributed by atoms with Crippen molar-refractivity contribution in [2.24, 2.45) is 22.7 Å². The maximum atomic E-state index is 13.0. The topological polar surface area (TPSA) is 217 Å². The molecule has 0 aromatic carbocycles. The van der Waals surface area contributed by atoms with Crippen LogP contribution in [0.4, 0.5) is 0 Å². The van der Waals surface area contributed by atoms with Crippen LogP contribution in [0.25, 0.3) is 0 Å². The third-order valence-electron chi connectivity index (χ3n) is 11.9. The van der Waals surface area contributed by atoms with Gasteiger partial charge in [-0.1, -0.05) is 78.0 Å². The number of aliphatic hydroxyl groups excluding tert-OH is 2. The lowest BCUT2D eigenvalue weighted by Gasteiger charge is -2.47. The fourth-order valence-electron chi connectivity index (χ4n) is 10.1. The van der Waals surface area contributed by atoms with Crippen molar-refractivity contribution in [1.29, 1.82) is 0 Å². The Balaban J connectivity index is 0.911. The molecule has 5 fully saturated rings. The number of carbonyl (C=O) groups is 6.